The molecule has 0 bridgehead atoms. The van der Waals surface area contributed by atoms with Crippen LogP contribution in [-0.4, -0.2) is 36.6 Å². The van der Waals surface area contributed by atoms with Crippen LogP contribution in [0.1, 0.15) is 23.2 Å². The molecule has 1 unspecified atom stereocenters. The molecule has 0 saturated carbocycles. The van der Waals surface area contributed by atoms with Crippen LogP contribution in [0.25, 0.3) is 0 Å². The number of nitrogens with one attached hydrogen (secondary N) is 1. The van der Waals surface area contributed by atoms with E-state index in [4.69, 9.17) is 4.84 Å². The number of carbonyl (C=O) groups is 2. The number of hydrogen-bond acceptors (Lipinski definition) is 4. The summed E-state index contributed by atoms with van der Waals surface area (Å²) in [6, 6.07) is 8.89. The quantitative estimate of drug-likeness (QED) is 0.861. The van der Waals surface area contributed by atoms with Crippen molar-refractivity contribution in [3.05, 3.63) is 35.9 Å². The molecule has 1 amide bonds. The van der Waals surface area contributed by atoms with Crippen LogP contribution in [-0.2, 0) is 9.63 Å². The van der Waals surface area contributed by atoms with Crippen molar-refractivity contribution in [2.45, 2.75) is 12.8 Å². The van der Waals surface area contributed by atoms with E-state index in [9.17, 15) is 9.59 Å². The highest BCUT2D eigenvalue weighted by atomic mass is 16.7. The highest BCUT2D eigenvalue weighted by molar-refractivity contribution is 5.89. The number of hydrogen-bond donors (Lipinski definition) is 1. The van der Waals surface area contributed by atoms with Crippen molar-refractivity contribution in [3.8, 4) is 0 Å². The summed E-state index contributed by atoms with van der Waals surface area (Å²) in [6.07, 6.45) is 1.58. The Morgan fingerprint density at radius 1 is 1.26 bits per heavy atom. The van der Waals surface area contributed by atoms with E-state index in [1.807, 2.05) is 6.07 Å². The molecule has 2 aliphatic rings. The second-order valence-electron chi connectivity index (χ2n) is 5.14. The number of carbonyl (C=O) groups excluding carboxylic acids is 2. The van der Waals surface area contributed by atoms with Crippen LogP contribution >= 0.6 is 0 Å². The molecule has 0 radical (unpaired) electrons. The highest BCUT2D eigenvalue weighted by Crippen LogP contribution is 2.37. The Balaban J connectivity index is 1.63. The van der Waals surface area contributed by atoms with Gasteiger partial charge in [0.2, 0.25) is 5.91 Å². The first-order chi connectivity index (χ1) is 9.20. The number of amides is 1. The average Bonchev–Trinajstić information content (AvgIpc) is 2.99. The van der Waals surface area contributed by atoms with Gasteiger partial charge in [-0.1, -0.05) is 18.2 Å². The third-order valence-electron chi connectivity index (χ3n) is 3.91. The smallest absolute Gasteiger partial charge is 0.357 e. The van der Waals surface area contributed by atoms with Gasteiger partial charge in [0.05, 0.1) is 11.0 Å². The molecule has 5 heteroatoms. The molecule has 1 aromatic carbocycles. The Kier molecular flexibility index (Phi) is 2.98. The molecule has 0 aliphatic carbocycles. The number of nitrogens with zero attached hydrogens (tertiary/aromatic N) is 1. The van der Waals surface area contributed by atoms with Crippen LogP contribution < -0.4 is 5.32 Å². The molecule has 2 heterocycles. The minimum atomic E-state index is -0.365. The standard InChI is InChI=1S/C14H16N2O3/c17-12(11-4-2-1-3-5-11)19-16-9-7-14(10-16)6-8-15-13(14)18/h1-5H,6-10H2,(H,15,18). The van der Waals surface area contributed by atoms with Gasteiger partial charge in [0, 0.05) is 19.6 Å². The zero-order valence-electron chi connectivity index (χ0n) is 10.6. The second kappa shape index (κ2) is 4.66. The Morgan fingerprint density at radius 2 is 2.05 bits per heavy atom. The molecule has 5 nitrogen and oxygen atoms in total. The maximum absolute atomic E-state index is 11.9. The maximum atomic E-state index is 11.9. The summed E-state index contributed by atoms with van der Waals surface area (Å²) in [6.45, 7) is 1.84. The third kappa shape index (κ3) is 2.21. The minimum Gasteiger partial charge on any atom is -0.364 e. The lowest BCUT2D eigenvalue weighted by Crippen LogP contribution is -2.35. The topological polar surface area (TPSA) is 58.6 Å². The predicted molar refractivity (Wildman–Crippen MR) is 68.1 cm³/mol. The monoisotopic (exact) mass is 260 g/mol. The summed E-state index contributed by atoms with van der Waals surface area (Å²) in [5, 5.41) is 4.46. The lowest BCUT2D eigenvalue weighted by Gasteiger charge is -2.20. The van der Waals surface area contributed by atoms with Gasteiger partial charge in [0.25, 0.3) is 0 Å². The lowest BCUT2D eigenvalue weighted by molar-refractivity contribution is -0.131. The van der Waals surface area contributed by atoms with Crippen LogP contribution in [0.4, 0.5) is 0 Å². The Hall–Kier alpha value is -1.88. The molecule has 2 aliphatic heterocycles. The van der Waals surface area contributed by atoms with Crippen LogP contribution in [0.15, 0.2) is 30.3 Å². The van der Waals surface area contributed by atoms with Gasteiger partial charge in [-0.15, -0.1) is 5.06 Å². The van der Waals surface area contributed by atoms with E-state index in [2.05, 4.69) is 5.32 Å². The average molecular weight is 260 g/mol. The molecule has 19 heavy (non-hydrogen) atoms. The summed E-state index contributed by atoms with van der Waals surface area (Å²) in [5.41, 5.74) is 0.177. The summed E-state index contributed by atoms with van der Waals surface area (Å²) in [5.74, 6) is -0.276. The highest BCUT2D eigenvalue weighted by Gasteiger charge is 2.48. The normalized spacial score (nSPS) is 26.6. The minimum absolute atomic E-state index is 0.0887. The molecule has 1 aromatic rings. The van der Waals surface area contributed by atoms with Crippen molar-refractivity contribution >= 4 is 11.9 Å². The van der Waals surface area contributed by atoms with Gasteiger partial charge in [-0.2, -0.15) is 0 Å². The van der Waals surface area contributed by atoms with E-state index in [-0.39, 0.29) is 17.3 Å². The van der Waals surface area contributed by atoms with E-state index in [1.54, 1.807) is 29.3 Å². The van der Waals surface area contributed by atoms with Gasteiger partial charge in [-0.05, 0) is 25.0 Å². The van der Waals surface area contributed by atoms with E-state index in [0.717, 1.165) is 19.4 Å². The Morgan fingerprint density at radius 3 is 2.74 bits per heavy atom. The summed E-state index contributed by atoms with van der Waals surface area (Å²) >= 11 is 0. The van der Waals surface area contributed by atoms with Crippen molar-refractivity contribution in [1.82, 2.24) is 10.4 Å². The molecule has 1 N–H and O–H groups in total. The van der Waals surface area contributed by atoms with E-state index < -0.39 is 0 Å². The summed E-state index contributed by atoms with van der Waals surface area (Å²) < 4.78 is 0. The second-order valence-corrected chi connectivity index (χ2v) is 5.14. The van der Waals surface area contributed by atoms with Crippen molar-refractivity contribution in [1.29, 1.82) is 0 Å². The predicted octanol–water partition coefficient (Wildman–Crippen LogP) is 0.970. The Bertz CT molecular complexity index is 503. The van der Waals surface area contributed by atoms with Crippen LogP contribution in [0.3, 0.4) is 0 Å². The van der Waals surface area contributed by atoms with Crippen molar-refractivity contribution in [3.63, 3.8) is 0 Å². The molecule has 1 spiro atoms. The van der Waals surface area contributed by atoms with Gasteiger partial charge in [-0.25, -0.2) is 4.79 Å². The first kappa shape index (κ1) is 12.2. The number of benzene rings is 1. The van der Waals surface area contributed by atoms with Crippen LogP contribution in [0.2, 0.25) is 0 Å². The molecule has 3 rings (SSSR count). The first-order valence-corrected chi connectivity index (χ1v) is 6.50. The van der Waals surface area contributed by atoms with Gasteiger partial charge in [0.15, 0.2) is 0 Å². The molecule has 2 fully saturated rings. The summed E-state index contributed by atoms with van der Waals surface area (Å²) in [4.78, 5) is 29.1. The number of hydroxylamine groups is 2. The van der Waals surface area contributed by atoms with E-state index in [1.165, 1.54) is 0 Å². The van der Waals surface area contributed by atoms with Crippen LogP contribution in [0.5, 0.6) is 0 Å². The van der Waals surface area contributed by atoms with E-state index >= 15 is 0 Å². The van der Waals surface area contributed by atoms with Gasteiger partial charge in [0.1, 0.15) is 0 Å². The van der Waals surface area contributed by atoms with Crippen molar-refractivity contribution in [2.75, 3.05) is 19.6 Å². The zero-order valence-corrected chi connectivity index (χ0v) is 10.6. The molecule has 2 saturated heterocycles. The maximum Gasteiger partial charge on any atom is 0.357 e. The summed E-state index contributed by atoms with van der Waals surface area (Å²) in [7, 11) is 0. The largest absolute Gasteiger partial charge is 0.364 e. The fourth-order valence-corrected chi connectivity index (χ4v) is 2.76. The lowest BCUT2D eigenvalue weighted by atomic mass is 9.86. The SMILES string of the molecule is O=C(ON1CCC2(CCNC2=O)C1)c1ccccc1. The van der Waals surface area contributed by atoms with Crippen molar-refractivity contribution in [2.24, 2.45) is 5.41 Å². The zero-order chi connectivity index (χ0) is 13.3. The molecular formula is C14H16N2O3. The van der Waals surface area contributed by atoms with E-state index in [0.29, 0.717) is 18.7 Å². The fraction of sp³-hybridized carbons (Fsp3) is 0.429. The molecular weight excluding hydrogens is 244 g/mol. The third-order valence-corrected chi connectivity index (χ3v) is 3.91. The van der Waals surface area contributed by atoms with Gasteiger partial charge in [-0.3, -0.25) is 4.79 Å². The Labute approximate surface area is 111 Å². The molecule has 0 aromatic heterocycles. The number of rotatable bonds is 2. The van der Waals surface area contributed by atoms with Gasteiger partial charge < -0.3 is 10.2 Å². The van der Waals surface area contributed by atoms with Crippen LogP contribution in [0, 0.1) is 5.41 Å². The van der Waals surface area contributed by atoms with Gasteiger partial charge >= 0.3 is 5.97 Å². The fourth-order valence-electron chi connectivity index (χ4n) is 2.76. The molecule has 1 atom stereocenters. The first-order valence-electron chi connectivity index (χ1n) is 6.50. The van der Waals surface area contributed by atoms with Crippen molar-refractivity contribution < 1.29 is 14.4 Å². The molecule has 100 valence electrons.